The van der Waals surface area contributed by atoms with Crippen LogP contribution in [0.15, 0.2) is 42.5 Å². The number of hydrogen-bond acceptors (Lipinski definition) is 2. The van der Waals surface area contributed by atoms with Gasteiger partial charge < -0.3 is 4.90 Å². The predicted octanol–water partition coefficient (Wildman–Crippen LogP) is 4.30. The Morgan fingerprint density at radius 1 is 1.00 bits per heavy atom. The van der Waals surface area contributed by atoms with Gasteiger partial charge in [0, 0.05) is 43.3 Å². The van der Waals surface area contributed by atoms with Crippen LogP contribution in [0, 0.1) is 13.8 Å². The zero-order chi connectivity index (χ0) is 17.8. The highest BCUT2D eigenvalue weighted by Crippen LogP contribution is 2.17. The van der Waals surface area contributed by atoms with E-state index in [0.717, 1.165) is 55.3 Å². The van der Waals surface area contributed by atoms with E-state index in [1.54, 1.807) is 0 Å². The van der Waals surface area contributed by atoms with Gasteiger partial charge in [-0.25, -0.2) is 0 Å². The number of hydrogen-bond donors (Lipinski definition) is 0. The van der Waals surface area contributed by atoms with Crippen molar-refractivity contribution in [3.8, 4) is 0 Å². The van der Waals surface area contributed by atoms with Crippen LogP contribution in [0.2, 0.25) is 5.02 Å². The molecule has 0 unspecified atom stereocenters. The molecule has 1 saturated heterocycles. The molecule has 0 atom stereocenters. The van der Waals surface area contributed by atoms with Crippen LogP contribution in [0.25, 0.3) is 0 Å². The first kappa shape index (κ1) is 18.0. The van der Waals surface area contributed by atoms with Gasteiger partial charge in [0.2, 0.25) is 0 Å². The second-order valence-corrected chi connectivity index (χ2v) is 7.23. The van der Waals surface area contributed by atoms with E-state index in [1.165, 1.54) is 11.1 Å². The number of halogens is 1. The predicted molar refractivity (Wildman–Crippen MR) is 103 cm³/mol. The summed E-state index contributed by atoms with van der Waals surface area (Å²) in [5.74, 6) is 0.162. The quantitative estimate of drug-likeness (QED) is 0.818. The molecule has 3 nitrogen and oxygen atoms in total. The molecule has 1 fully saturated rings. The molecule has 1 amide bonds. The van der Waals surface area contributed by atoms with E-state index in [9.17, 15) is 4.79 Å². The maximum Gasteiger partial charge on any atom is 0.254 e. The van der Waals surface area contributed by atoms with Crippen LogP contribution in [-0.4, -0.2) is 41.9 Å². The van der Waals surface area contributed by atoms with Crippen LogP contribution in [0.5, 0.6) is 0 Å². The van der Waals surface area contributed by atoms with Crippen molar-refractivity contribution in [2.24, 2.45) is 0 Å². The number of carbonyl (C=O) groups is 1. The number of amides is 1. The molecule has 3 rings (SSSR count). The fourth-order valence-corrected chi connectivity index (χ4v) is 3.46. The number of carbonyl (C=O) groups excluding carboxylic acids is 1. The summed E-state index contributed by atoms with van der Waals surface area (Å²) in [5.41, 5.74) is 4.37. The molecule has 2 aromatic rings. The molecule has 1 heterocycles. The van der Waals surface area contributed by atoms with E-state index in [4.69, 9.17) is 11.6 Å². The van der Waals surface area contributed by atoms with Crippen LogP contribution >= 0.6 is 11.6 Å². The fourth-order valence-electron chi connectivity index (χ4n) is 3.33. The van der Waals surface area contributed by atoms with Crippen LogP contribution in [0.4, 0.5) is 0 Å². The van der Waals surface area contributed by atoms with Gasteiger partial charge in [-0.3, -0.25) is 9.69 Å². The Morgan fingerprint density at radius 3 is 2.52 bits per heavy atom. The summed E-state index contributed by atoms with van der Waals surface area (Å²) < 4.78 is 0. The minimum atomic E-state index is 0.162. The minimum absolute atomic E-state index is 0.162. The van der Waals surface area contributed by atoms with Crippen molar-refractivity contribution in [1.29, 1.82) is 0 Å². The minimum Gasteiger partial charge on any atom is -0.337 e. The summed E-state index contributed by atoms with van der Waals surface area (Å²) in [7, 11) is 0. The van der Waals surface area contributed by atoms with Crippen LogP contribution in [0.1, 0.15) is 33.5 Å². The van der Waals surface area contributed by atoms with Crippen molar-refractivity contribution in [1.82, 2.24) is 9.80 Å². The Labute approximate surface area is 155 Å². The van der Waals surface area contributed by atoms with Gasteiger partial charge in [0.05, 0.1) is 0 Å². The van der Waals surface area contributed by atoms with Crippen LogP contribution in [-0.2, 0) is 6.54 Å². The second-order valence-electron chi connectivity index (χ2n) is 6.80. The third-order valence-corrected chi connectivity index (χ3v) is 5.28. The first-order valence-corrected chi connectivity index (χ1v) is 9.24. The summed E-state index contributed by atoms with van der Waals surface area (Å²) >= 11 is 5.96. The van der Waals surface area contributed by atoms with Crippen LogP contribution in [0.3, 0.4) is 0 Å². The molecule has 0 saturated carbocycles. The molecule has 0 aromatic heterocycles. The van der Waals surface area contributed by atoms with E-state index < -0.39 is 0 Å². The van der Waals surface area contributed by atoms with E-state index in [1.807, 2.05) is 36.1 Å². The van der Waals surface area contributed by atoms with Crippen molar-refractivity contribution in [3.63, 3.8) is 0 Å². The monoisotopic (exact) mass is 356 g/mol. The normalized spacial score (nSPS) is 15.9. The molecule has 0 spiro atoms. The Kier molecular flexibility index (Phi) is 5.77. The first-order valence-electron chi connectivity index (χ1n) is 8.87. The molecule has 2 aromatic carbocycles. The summed E-state index contributed by atoms with van der Waals surface area (Å²) in [5, 5.41) is 0.768. The Bertz CT molecular complexity index is 742. The number of aryl methyl sites for hydroxylation is 1. The Morgan fingerprint density at radius 2 is 1.76 bits per heavy atom. The van der Waals surface area contributed by atoms with Gasteiger partial charge in [-0.15, -0.1) is 0 Å². The van der Waals surface area contributed by atoms with Gasteiger partial charge in [0.25, 0.3) is 5.91 Å². The largest absolute Gasteiger partial charge is 0.337 e. The second kappa shape index (κ2) is 8.03. The van der Waals surface area contributed by atoms with Gasteiger partial charge in [-0.2, -0.15) is 0 Å². The third kappa shape index (κ3) is 4.42. The van der Waals surface area contributed by atoms with E-state index in [-0.39, 0.29) is 5.91 Å². The smallest absolute Gasteiger partial charge is 0.254 e. The summed E-state index contributed by atoms with van der Waals surface area (Å²) in [6.07, 6.45) is 1.00. The van der Waals surface area contributed by atoms with E-state index in [2.05, 4.69) is 30.0 Å². The average molecular weight is 357 g/mol. The molecule has 0 N–H and O–H groups in total. The molecule has 0 bridgehead atoms. The summed E-state index contributed by atoms with van der Waals surface area (Å²) in [4.78, 5) is 17.3. The molecule has 0 radical (unpaired) electrons. The third-order valence-electron chi connectivity index (χ3n) is 5.03. The molecule has 25 heavy (non-hydrogen) atoms. The maximum atomic E-state index is 12.9. The molecule has 1 aliphatic heterocycles. The van der Waals surface area contributed by atoms with Gasteiger partial charge in [-0.1, -0.05) is 35.9 Å². The summed E-state index contributed by atoms with van der Waals surface area (Å²) in [6.45, 7) is 8.51. The molecular formula is C21H25ClN2O. The molecule has 132 valence electrons. The standard InChI is InChI=1S/C21H25ClN2O/c1-16-5-3-6-20(17(16)2)21(25)24-12-4-11-23(13-14-24)15-18-7-9-19(22)10-8-18/h3,5-10H,4,11-15H2,1-2H3. The molecular weight excluding hydrogens is 332 g/mol. The van der Waals surface area contributed by atoms with Gasteiger partial charge >= 0.3 is 0 Å². The SMILES string of the molecule is Cc1cccc(C(=O)N2CCCN(Cc3ccc(Cl)cc3)CC2)c1C. The Hall–Kier alpha value is -1.84. The van der Waals surface area contributed by atoms with Crippen LogP contribution < -0.4 is 0 Å². The first-order chi connectivity index (χ1) is 12.0. The number of rotatable bonds is 3. The van der Waals surface area contributed by atoms with Gasteiger partial charge in [0.1, 0.15) is 0 Å². The lowest BCUT2D eigenvalue weighted by molar-refractivity contribution is 0.0760. The number of benzene rings is 2. The van der Waals surface area contributed by atoms with E-state index >= 15 is 0 Å². The Balaban J connectivity index is 1.64. The molecule has 1 aliphatic rings. The highest BCUT2D eigenvalue weighted by atomic mass is 35.5. The van der Waals surface area contributed by atoms with Gasteiger partial charge in [-0.05, 0) is 55.2 Å². The van der Waals surface area contributed by atoms with Gasteiger partial charge in [0.15, 0.2) is 0 Å². The van der Waals surface area contributed by atoms with Crippen molar-refractivity contribution in [3.05, 3.63) is 69.7 Å². The van der Waals surface area contributed by atoms with E-state index in [0.29, 0.717) is 0 Å². The number of nitrogens with zero attached hydrogens (tertiary/aromatic N) is 2. The molecule has 0 aliphatic carbocycles. The zero-order valence-corrected chi connectivity index (χ0v) is 15.7. The summed E-state index contributed by atoms with van der Waals surface area (Å²) in [6, 6.07) is 14.0. The highest BCUT2D eigenvalue weighted by Gasteiger charge is 2.21. The van der Waals surface area contributed by atoms with Crippen molar-refractivity contribution in [2.45, 2.75) is 26.8 Å². The van der Waals surface area contributed by atoms with Crippen molar-refractivity contribution < 1.29 is 4.79 Å². The fraction of sp³-hybridized carbons (Fsp3) is 0.381. The maximum absolute atomic E-state index is 12.9. The average Bonchev–Trinajstić information content (AvgIpc) is 2.84. The zero-order valence-electron chi connectivity index (χ0n) is 15.0. The molecule has 4 heteroatoms. The van der Waals surface area contributed by atoms with Crippen molar-refractivity contribution >= 4 is 17.5 Å². The topological polar surface area (TPSA) is 23.6 Å². The lowest BCUT2D eigenvalue weighted by atomic mass is 10.0. The van der Waals surface area contributed by atoms with Crippen molar-refractivity contribution in [2.75, 3.05) is 26.2 Å². The lowest BCUT2D eigenvalue weighted by Gasteiger charge is -2.23. The lowest BCUT2D eigenvalue weighted by Crippen LogP contribution is -2.35. The highest BCUT2D eigenvalue weighted by molar-refractivity contribution is 6.30.